The number of para-hydroxylation sites is 3. The third kappa shape index (κ3) is 4.32. The fraction of sp³-hybridized carbons (Fsp3) is 0. The summed E-state index contributed by atoms with van der Waals surface area (Å²) in [5, 5.41) is 7.39. The van der Waals surface area contributed by atoms with Crippen LogP contribution in [0.4, 0.5) is 0 Å². The van der Waals surface area contributed by atoms with Crippen LogP contribution in [0, 0.1) is 0 Å². The van der Waals surface area contributed by atoms with Crippen LogP contribution >= 0.6 is 11.3 Å². The molecule has 0 aliphatic rings. The Morgan fingerprint density at radius 1 is 0.471 bits per heavy atom. The predicted molar refractivity (Wildman–Crippen MR) is 213 cm³/mol. The molecule has 4 heterocycles. The van der Waals surface area contributed by atoms with Crippen molar-refractivity contribution in [2.45, 2.75) is 0 Å². The second kappa shape index (κ2) is 11.0. The number of rotatable bonds is 4. The minimum absolute atomic E-state index is 0.676. The molecule has 11 aromatic rings. The summed E-state index contributed by atoms with van der Waals surface area (Å²) >= 11 is 1.86. The van der Waals surface area contributed by atoms with Gasteiger partial charge in [-0.3, -0.25) is 0 Å². The molecule has 238 valence electrons. The molecule has 0 atom stereocenters. The van der Waals surface area contributed by atoms with Crippen LogP contribution in [0.15, 0.2) is 168 Å². The van der Waals surface area contributed by atoms with Crippen LogP contribution in [0.5, 0.6) is 0 Å². The maximum atomic E-state index is 6.44. The van der Waals surface area contributed by atoms with Gasteiger partial charge in [0.25, 0.3) is 0 Å². The number of nitrogens with zero attached hydrogens (tertiary/aromatic N) is 3. The summed E-state index contributed by atoms with van der Waals surface area (Å²) in [5.74, 6) is 0.676. The number of hydrogen-bond donors (Lipinski definition) is 0. The molecule has 0 N–H and O–H groups in total. The highest BCUT2D eigenvalue weighted by atomic mass is 32.1. The van der Waals surface area contributed by atoms with Gasteiger partial charge in [-0.05, 0) is 54.6 Å². The average Bonchev–Trinajstić information content (AvgIpc) is 3.87. The molecule has 0 aliphatic heterocycles. The van der Waals surface area contributed by atoms with E-state index in [1.165, 1.54) is 42.0 Å². The molecular weight excluding hydrogens is 643 g/mol. The van der Waals surface area contributed by atoms with E-state index in [0.29, 0.717) is 5.82 Å². The number of aromatic nitrogens is 3. The molecule has 7 aromatic carbocycles. The van der Waals surface area contributed by atoms with E-state index in [9.17, 15) is 0 Å². The van der Waals surface area contributed by atoms with Crippen molar-refractivity contribution in [3.05, 3.63) is 164 Å². The summed E-state index contributed by atoms with van der Waals surface area (Å²) in [4.78, 5) is 10.2. The first-order chi connectivity index (χ1) is 25.3. The summed E-state index contributed by atoms with van der Waals surface area (Å²) < 4.78 is 11.5. The summed E-state index contributed by atoms with van der Waals surface area (Å²) in [5.41, 5.74) is 9.80. The molecule has 11 rings (SSSR count). The summed E-state index contributed by atoms with van der Waals surface area (Å²) in [7, 11) is 0. The van der Waals surface area contributed by atoms with Gasteiger partial charge in [0.05, 0.1) is 22.4 Å². The fourth-order valence-corrected chi connectivity index (χ4v) is 8.85. The lowest BCUT2D eigenvalue weighted by molar-refractivity contribution is 0.670. The Balaban J connectivity index is 1.09. The Hall–Kier alpha value is -6.56. The van der Waals surface area contributed by atoms with Gasteiger partial charge in [0.15, 0.2) is 5.82 Å². The Morgan fingerprint density at radius 3 is 2.08 bits per heavy atom. The second-order valence-corrected chi connectivity index (χ2v) is 14.0. The highest BCUT2D eigenvalue weighted by Crippen LogP contribution is 2.43. The van der Waals surface area contributed by atoms with Crippen LogP contribution in [-0.4, -0.2) is 14.5 Å². The van der Waals surface area contributed by atoms with Gasteiger partial charge >= 0.3 is 0 Å². The van der Waals surface area contributed by atoms with Crippen LogP contribution in [0.3, 0.4) is 0 Å². The van der Waals surface area contributed by atoms with E-state index in [4.69, 9.17) is 14.4 Å². The van der Waals surface area contributed by atoms with Crippen molar-refractivity contribution < 1.29 is 4.42 Å². The van der Waals surface area contributed by atoms with Gasteiger partial charge in [-0.15, -0.1) is 11.3 Å². The van der Waals surface area contributed by atoms with Gasteiger partial charge in [0, 0.05) is 64.1 Å². The Labute approximate surface area is 296 Å². The molecule has 51 heavy (non-hydrogen) atoms. The Kier molecular flexibility index (Phi) is 6.09. The second-order valence-electron chi connectivity index (χ2n) is 12.9. The number of benzene rings is 7. The van der Waals surface area contributed by atoms with Crippen LogP contribution < -0.4 is 0 Å². The first kappa shape index (κ1) is 28.3. The summed E-state index contributed by atoms with van der Waals surface area (Å²) in [6.07, 6.45) is 0. The lowest BCUT2D eigenvalue weighted by Crippen LogP contribution is -1.97. The molecule has 0 aliphatic carbocycles. The zero-order valence-electron chi connectivity index (χ0n) is 27.2. The monoisotopic (exact) mass is 669 g/mol. The van der Waals surface area contributed by atoms with E-state index in [1.807, 2.05) is 47.7 Å². The van der Waals surface area contributed by atoms with Crippen molar-refractivity contribution in [2.24, 2.45) is 0 Å². The van der Waals surface area contributed by atoms with Crippen LogP contribution in [0.25, 0.3) is 104 Å². The van der Waals surface area contributed by atoms with Gasteiger partial charge in [-0.25, -0.2) is 9.97 Å². The molecule has 0 amide bonds. The maximum absolute atomic E-state index is 6.44. The fourth-order valence-electron chi connectivity index (χ4n) is 7.73. The third-order valence-electron chi connectivity index (χ3n) is 10.0. The zero-order valence-corrected chi connectivity index (χ0v) is 28.1. The topological polar surface area (TPSA) is 43.9 Å². The molecule has 4 nitrogen and oxygen atoms in total. The quantitative estimate of drug-likeness (QED) is 0.187. The van der Waals surface area contributed by atoms with Gasteiger partial charge in [0.2, 0.25) is 0 Å². The number of hydrogen-bond acceptors (Lipinski definition) is 4. The highest BCUT2D eigenvalue weighted by molar-refractivity contribution is 7.26. The van der Waals surface area contributed by atoms with E-state index in [1.54, 1.807) is 0 Å². The van der Waals surface area contributed by atoms with Crippen molar-refractivity contribution >= 4 is 75.3 Å². The summed E-state index contributed by atoms with van der Waals surface area (Å²) in [6, 6.07) is 57.6. The van der Waals surface area contributed by atoms with Crippen LogP contribution in [-0.2, 0) is 0 Å². The number of furan rings is 1. The summed E-state index contributed by atoms with van der Waals surface area (Å²) in [6.45, 7) is 0. The molecule has 0 spiro atoms. The molecular formula is C46H27N3OS. The number of thiophene rings is 1. The molecule has 0 unspecified atom stereocenters. The van der Waals surface area contributed by atoms with Crippen LogP contribution in [0.1, 0.15) is 0 Å². The van der Waals surface area contributed by atoms with Gasteiger partial charge in [-0.2, -0.15) is 0 Å². The molecule has 5 heteroatoms. The van der Waals surface area contributed by atoms with Crippen LogP contribution in [0.2, 0.25) is 0 Å². The molecule has 0 saturated carbocycles. The average molecular weight is 670 g/mol. The zero-order chi connectivity index (χ0) is 33.5. The maximum Gasteiger partial charge on any atom is 0.160 e. The first-order valence-corrected chi connectivity index (χ1v) is 17.9. The highest BCUT2D eigenvalue weighted by Gasteiger charge is 2.19. The van der Waals surface area contributed by atoms with Crippen molar-refractivity contribution in [3.8, 4) is 39.6 Å². The minimum atomic E-state index is 0.676. The Bertz CT molecular complexity index is 3130. The molecule has 0 bridgehead atoms. The van der Waals surface area contributed by atoms with Gasteiger partial charge in [-0.1, -0.05) is 109 Å². The van der Waals surface area contributed by atoms with Crippen molar-refractivity contribution in [3.63, 3.8) is 0 Å². The molecule has 0 fully saturated rings. The van der Waals surface area contributed by atoms with Gasteiger partial charge < -0.3 is 8.98 Å². The van der Waals surface area contributed by atoms with E-state index < -0.39 is 0 Å². The smallest absolute Gasteiger partial charge is 0.160 e. The minimum Gasteiger partial charge on any atom is -0.455 e. The number of fused-ring (bicyclic) bond motifs is 10. The van der Waals surface area contributed by atoms with Crippen molar-refractivity contribution in [2.75, 3.05) is 0 Å². The van der Waals surface area contributed by atoms with E-state index in [-0.39, 0.29) is 0 Å². The third-order valence-corrected chi connectivity index (χ3v) is 11.2. The lowest BCUT2D eigenvalue weighted by Gasteiger charge is -2.11. The first-order valence-electron chi connectivity index (χ1n) is 17.1. The predicted octanol–water partition coefficient (Wildman–Crippen LogP) is 12.8. The van der Waals surface area contributed by atoms with Crippen molar-refractivity contribution in [1.29, 1.82) is 0 Å². The molecule has 4 aromatic heterocycles. The van der Waals surface area contributed by atoms with Gasteiger partial charge in [0.1, 0.15) is 11.2 Å². The van der Waals surface area contributed by atoms with E-state index >= 15 is 0 Å². The standard InChI is InChI=1S/C46H27N3OS/c1-2-11-29(12-3-1)46-47-36(27-37(48-46)33-17-10-16-32-31-13-5-8-19-40(31)50-45(32)33)28-21-23-30(24-22-28)49-38-18-7-4-14-34(38)43-39(49)25-26-42-44(43)35-15-6-9-20-41(35)51-42/h1-27H. The van der Waals surface area contributed by atoms with E-state index in [0.717, 1.165) is 55.7 Å². The normalized spacial score (nSPS) is 11.9. The van der Waals surface area contributed by atoms with E-state index in [2.05, 4.69) is 132 Å². The SMILES string of the molecule is c1ccc(-c2nc(-c3ccc(-n4c5ccccc5c5c6c(ccc54)sc4ccccc46)cc3)cc(-c3cccc4c3oc3ccccc34)n2)cc1. The largest absolute Gasteiger partial charge is 0.455 e. The molecule has 0 radical (unpaired) electrons. The Morgan fingerprint density at radius 2 is 1.20 bits per heavy atom. The van der Waals surface area contributed by atoms with Crippen molar-refractivity contribution in [1.82, 2.24) is 14.5 Å². The lowest BCUT2D eigenvalue weighted by atomic mass is 10.0. The molecule has 0 saturated heterocycles.